The fourth-order valence-corrected chi connectivity index (χ4v) is 4.03. The molecule has 0 amide bonds. The number of nitrogens with zero attached hydrogens (tertiary/aromatic N) is 2. The van der Waals surface area contributed by atoms with E-state index in [9.17, 15) is 0 Å². The second kappa shape index (κ2) is 9.94. The lowest BCUT2D eigenvalue weighted by Crippen LogP contribution is -2.44. The van der Waals surface area contributed by atoms with E-state index in [1.54, 1.807) is 11.3 Å². The Labute approximate surface area is 166 Å². The van der Waals surface area contributed by atoms with Gasteiger partial charge in [-0.25, -0.2) is 0 Å². The number of morpholine rings is 1. The second-order valence-electron chi connectivity index (χ2n) is 6.61. The molecule has 24 heavy (non-hydrogen) atoms. The smallest absolute Gasteiger partial charge is 0.188 e. The Hall–Kier alpha value is -0.380. The first-order valence-corrected chi connectivity index (χ1v) is 9.53. The number of halogens is 1. The van der Waals surface area contributed by atoms with E-state index >= 15 is 0 Å². The number of rotatable bonds is 6. The predicted octanol–water partition coefficient (Wildman–Crippen LogP) is 2.83. The fraction of sp³-hybridized carbons (Fsp3) is 0.706. The highest BCUT2D eigenvalue weighted by atomic mass is 127. The molecule has 0 bridgehead atoms. The van der Waals surface area contributed by atoms with E-state index in [1.165, 1.54) is 24.1 Å². The van der Waals surface area contributed by atoms with Gasteiger partial charge in [-0.2, -0.15) is 0 Å². The number of aliphatic imine (C=N–C) groups is 1. The molecular weight excluding hydrogens is 435 g/mol. The molecule has 5 nitrogen and oxygen atoms in total. The van der Waals surface area contributed by atoms with Crippen LogP contribution in [0.1, 0.15) is 37.1 Å². The van der Waals surface area contributed by atoms with E-state index in [2.05, 4.69) is 39.6 Å². The fourth-order valence-electron chi connectivity index (χ4n) is 3.18. The average molecular weight is 464 g/mol. The molecule has 0 spiro atoms. The lowest BCUT2D eigenvalue weighted by Gasteiger charge is -2.36. The number of ether oxygens (including phenoxy) is 1. The molecule has 136 valence electrons. The van der Waals surface area contributed by atoms with Crippen molar-refractivity contribution >= 4 is 41.3 Å². The van der Waals surface area contributed by atoms with Crippen molar-refractivity contribution in [3.8, 4) is 0 Å². The number of nitrogens with one attached hydrogen (secondary N) is 1. The van der Waals surface area contributed by atoms with Crippen LogP contribution in [0.4, 0.5) is 0 Å². The summed E-state index contributed by atoms with van der Waals surface area (Å²) in [6.07, 6.45) is 4.29. The number of hydrogen-bond donors (Lipinski definition) is 2. The molecule has 1 aromatic heterocycles. The van der Waals surface area contributed by atoms with Crippen molar-refractivity contribution in [1.29, 1.82) is 0 Å². The Morgan fingerprint density at radius 2 is 2.38 bits per heavy atom. The van der Waals surface area contributed by atoms with E-state index < -0.39 is 0 Å². The minimum Gasteiger partial charge on any atom is -0.376 e. The molecule has 3 N–H and O–H groups in total. The Morgan fingerprint density at radius 3 is 3.00 bits per heavy atom. The quantitative estimate of drug-likeness (QED) is 0.386. The number of hydrogen-bond acceptors (Lipinski definition) is 4. The summed E-state index contributed by atoms with van der Waals surface area (Å²) in [4.78, 5) is 8.45. The molecule has 1 saturated heterocycles. The maximum absolute atomic E-state index is 6.06. The molecule has 1 aromatic rings. The van der Waals surface area contributed by atoms with Crippen LogP contribution in [0.15, 0.2) is 22.5 Å². The second-order valence-corrected chi connectivity index (χ2v) is 7.59. The van der Waals surface area contributed by atoms with Gasteiger partial charge in [-0.3, -0.25) is 9.89 Å². The van der Waals surface area contributed by atoms with E-state index in [-0.39, 0.29) is 30.1 Å². The van der Waals surface area contributed by atoms with E-state index in [0.717, 1.165) is 32.2 Å². The zero-order valence-electron chi connectivity index (χ0n) is 14.3. The normalized spacial score (nSPS) is 24.0. The van der Waals surface area contributed by atoms with Gasteiger partial charge in [0.2, 0.25) is 0 Å². The molecule has 0 aromatic carbocycles. The van der Waals surface area contributed by atoms with E-state index in [0.29, 0.717) is 18.5 Å². The van der Waals surface area contributed by atoms with Gasteiger partial charge >= 0.3 is 0 Å². The predicted molar refractivity (Wildman–Crippen MR) is 111 cm³/mol. The Balaban J connectivity index is 0.00000208. The van der Waals surface area contributed by atoms with Crippen molar-refractivity contribution in [2.75, 3.05) is 32.8 Å². The molecule has 1 saturated carbocycles. The van der Waals surface area contributed by atoms with Gasteiger partial charge in [0.1, 0.15) is 0 Å². The first-order valence-electron chi connectivity index (χ1n) is 8.65. The molecule has 2 aliphatic rings. The molecule has 3 rings (SSSR count). The largest absolute Gasteiger partial charge is 0.376 e. The zero-order chi connectivity index (χ0) is 16.1. The summed E-state index contributed by atoms with van der Waals surface area (Å²) in [5.74, 6) is 1.37. The Kier molecular flexibility index (Phi) is 8.25. The van der Waals surface area contributed by atoms with Crippen LogP contribution in [-0.2, 0) is 4.74 Å². The van der Waals surface area contributed by atoms with Crippen LogP contribution in [0.5, 0.6) is 0 Å². The zero-order valence-corrected chi connectivity index (χ0v) is 17.5. The van der Waals surface area contributed by atoms with Gasteiger partial charge in [0.15, 0.2) is 5.96 Å². The molecular formula is C17H29IN4OS. The molecule has 0 radical (unpaired) electrons. The number of thiophene rings is 1. The van der Waals surface area contributed by atoms with Crippen molar-refractivity contribution < 1.29 is 4.74 Å². The summed E-state index contributed by atoms with van der Waals surface area (Å²) < 4.78 is 5.67. The highest BCUT2D eigenvalue weighted by molar-refractivity contribution is 14.0. The number of nitrogens with two attached hydrogens (primary N) is 1. The summed E-state index contributed by atoms with van der Waals surface area (Å²) >= 11 is 1.80. The third kappa shape index (κ3) is 5.57. The third-order valence-corrected chi connectivity index (χ3v) is 5.79. The molecule has 2 fully saturated rings. The topological polar surface area (TPSA) is 62.9 Å². The third-order valence-electron chi connectivity index (χ3n) is 4.82. The molecule has 2 atom stereocenters. The van der Waals surface area contributed by atoms with Crippen LogP contribution in [0.2, 0.25) is 0 Å². The van der Waals surface area contributed by atoms with Crippen LogP contribution in [0, 0.1) is 5.92 Å². The summed E-state index contributed by atoms with van der Waals surface area (Å²) in [7, 11) is 0. The van der Waals surface area contributed by atoms with Gasteiger partial charge in [0, 0.05) is 24.5 Å². The van der Waals surface area contributed by atoms with Gasteiger partial charge in [-0.15, -0.1) is 35.3 Å². The minimum atomic E-state index is 0. The monoisotopic (exact) mass is 464 g/mol. The van der Waals surface area contributed by atoms with Gasteiger partial charge in [0.05, 0.1) is 25.3 Å². The lowest BCUT2D eigenvalue weighted by atomic mass is 9.85. The summed E-state index contributed by atoms with van der Waals surface area (Å²) in [6.45, 7) is 6.51. The van der Waals surface area contributed by atoms with Crippen LogP contribution in [0.3, 0.4) is 0 Å². The average Bonchev–Trinajstić information content (AvgIpc) is 3.00. The Morgan fingerprint density at radius 1 is 1.54 bits per heavy atom. The first-order chi connectivity index (χ1) is 11.2. The van der Waals surface area contributed by atoms with Crippen LogP contribution in [-0.4, -0.2) is 49.7 Å². The minimum absolute atomic E-state index is 0. The van der Waals surface area contributed by atoms with Gasteiger partial charge in [-0.05, 0) is 37.1 Å². The summed E-state index contributed by atoms with van der Waals surface area (Å²) in [6, 6.07) is 4.60. The van der Waals surface area contributed by atoms with Gasteiger partial charge in [0.25, 0.3) is 0 Å². The highest BCUT2D eigenvalue weighted by Gasteiger charge is 2.26. The van der Waals surface area contributed by atoms with Gasteiger partial charge < -0.3 is 15.8 Å². The number of guanidine groups is 1. The molecule has 2 unspecified atom stereocenters. The van der Waals surface area contributed by atoms with Crippen molar-refractivity contribution in [2.45, 2.75) is 38.3 Å². The molecule has 1 aliphatic heterocycles. The Bertz CT molecular complexity index is 507. The molecule has 7 heteroatoms. The molecule has 1 aliphatic carbocycles. The maximum atomic E-state index is 6.06. The maximum Gasteiger partial charge on any atom is 0.188 e. The standard InChI is InChI=1S/C17H28N4OS.HI/c1-13-12-21(7-8-22-13)15(16-6-3-9-23-16)11-20-17(18)19-10-14-4-2-5-14;/h3,6,9,13-15H,2,4-5,7-8,10-12H2,1H3,(H3,18,19,20);1H. The highest BCUT2D eigenvalue weighted by Crippen LogP contribution is 2.27. The SMILES string of the molecule is CC1CN(C(CN=C(N)NCC2CCC2)c2cccs2)CCO1.I. The van der Waals surface area contributed by atoms with Crippen molar-refractivity contribution in [2.24, 2.45) is 16.6 Å². The van der Waals surface area contributed by atoms with Crippen molar-refractivity contribution in [1.82, 2.24) is 10.2 Å². The van der Waals surface area contributed by atoms with Crippen LogP contribution < -0.4 is 11.1 Å². The van der Waals surface area contributed by atoms with E-state index in [4.69, 9.17) is 10.5 Å². The van der Waals surface area contributed by atoms with Crippen molar-refractivity contribution in [3.05, 3.63) is 22.4 Å². The van der Waals surface area contributed by atoms with Crippen LogP contribution in [0.25, 0.3) is 0 Å². The van der Waals surface area contributed by atoms with Crippen LogP contribution >= 0.6 is 35.3 Å². The summed E-state index contributed by atoms with van der Waals surface area (Å²) in [5.41, 5.74) is 6.06. The van der Waals surface area contributed by atoms with Gasteiger partial charge in [-0.1, -0.05) is 12.5 Å². The summed E-state index contributed by atoms with van der Waals surface area (Å²) in [5, 5.41) is 5.42. The molecule has 2 heterocycles. The van der Waals surface area contributed by atoms with E-state index in [1.807, 2.05) is 0 Å². The lowest BCUT2D eigenvalue weighted by molar-refractivity contribution is -0.0327. The first kappa shape index (κ1) is 19.9. The van der Waals surface area contributed by atoms with Crippen molar-refractivity contribution in [3.63, 3.8) is 0 Å².